The molecule has 0 saturated heterocycles. The number of hydrogen-bond acceptors (Lipinski definition) is 2. The van der Waals surface area contributed by atoms with E-state index in [1.807, 2.05) is 0 Å². The molecule has 0 radical (unpaired) electrons. The molecule has 1 amide bonds. The molecule has 0 heterocycles. The summed E-state index contributed by atoms with van der Waals surface area (Å²) < 4.78 is 0. The minimum Gasteiger partial charge on any atom is -0.481 e. The summed E-state index contributed by atoms with van der Waals surface area (Å²) in [5, 5.41) is 11.8. The van der Waals surface area contributed by atoms with Crippen molar-refractivity contribution in [1.82, 2.24) is 5.32 Å². The van der Waals surface area contributed by atoms with Gasteiger partial charge in [0.15, 0.2) is 0 Å². The molecule has 2 atom stereocenters. The fourth-order valence-electron chi connectivity index (χ4n) is 3.62. The first kappa shape index (κ1) is 11.1. The lowest BCUT2D eigenvalue weighted by Gasteiger charge is -2.32. The van der Waals surface area contributed by atoms with Crippen LogP contribution in [0.2, 0.25) is 0 Å². The fraction of sp³-hybridized carbons (Fsp3) is 0.846. The van der Waals surface area contributed by atoms with Crippen LogP contribution in [0.1, 0.15) is 38.5 Å². The van der Waals surface area contributed by atoms with Gasteiger partial charge in [-0.2, -0.15) is 0 Å². The molecule has 0 aromatic carbocycles. The highest BCUT2D eigenvalue weighted by Crippen LogP contribution is 2.55. The van der Waals surface area contributed by atoms with Gasteiger partial charge in [0.05, 0.1) is 5.92 Å². The molecule has 94 valence electrons. The van der Waals surface area contributed by atoms with Gasteiger partial charge >= 0.3 is 5.97 Å². The smallest absolute Gasteiger partial charge is 0.306 e. The maximum atomic E-state index is 12.0. The maximum Gasteiger partial charge on any atom is 0.306 e. The molecule has 3 rings (SSSR count). The number of carboxylic acid groups (broad SMARTS) is 1. The van der Waals surface area contributed by atoms with Gasteiger partial charge in [-0.25, -0.2) is 0 Å². The first-order valence-corrected chi connectivity index (χ1v) is 6.70. The Balaban J connectivity index is 1.45. The zero-order valence-electron chi connectivity index (χ0n) is 9.89. The first-order chi connectivity index (χ1) is 8.16. The molecule has 0 aromatic heterocycles. The van der Waals surface area contributed by atoms with Gasteiger partial charge in [0.25, 0.3) is 0 Å². The van der Waals surface area contributed by atoms with Gasteiger partial charge in [0, 0.05) is 12.0 Å². The summed E-state index contributed by atoms with van der Waals surface area (Å²) in [5.41, 5.74) is 0. The van der Waals surface area contributed by atoms with Crippen molar-refractivity contribution in [3.05, 3.63) is 0 Å². The number of fused-ring (bicyclic) bond motifs is 1. The summed E-state index contributed by atoms with van der Waals surface area (Å²) in [6.45, 7) is 0. The number of rotatable bonds is 3. The second-order valence-corrected chi connectivity index (χ2v) is 5.85. The summed E-state index contributed by atoms with van der Waals surface area (Å²) in [5.74, 6) is 0.757. The summed E-state index contributed by atoms with van der Waals surface area (Å²) in [4.78, 5) is 22.6. The molecule has 0 spiro atoms. The van der Waals surface area contributed by atoms with Crippen LogP contribution in [0.5, 0.6) is 0 Å². The van der Waals surface area contributed by atoms with Crippen LogP contribution in [0, 0.1) is 23.7 Å². The van der Waals surface area contributed by atoms with E-state index >= 15 is 0 Å². The lowest BCUT2D eigenvalue weighted by Crippen LogP contribution is -2.47. The molecule has 0 aliphatic heterocycles. The summed E-state index contributed by atoms with van der Waals surface area (Å²) in [7, 11) is 0. The monoisotopic (exact) mass is 237 g/mol. The zero-order valence-corrected chi connectivity index (χ0v) is 9.89. The Morgan fingerprint density at radius 2 is 1.65 bits per heavy atom. The van der Waals surface area contributed by atoms with Crippen LogP contribution >= 0.6 is 0 Å². The Morgan fingerprint density at radius 1 is 1.06 bits per heavy atom. The van der Waals surface area contributed by atoms with Crippen LogP contribution in [0.3, 0.4) is 0 Å². The third kappa shape index (κ3) is 1.94. The average Bonchev–Trinajstić information content (AvgIpc) is 2.96. The number of amides is 1. The van der Waals surface area contributed by atoms with E-state index in [1.165, 1.54) is 25.7 Å². The molecular formula is C13H19NO3. The van der Waals surface area contributed by atoms with Gasteiger partial charge in [0.1, 0.15) is 0 Å². The molecule has 4 heteroatoms. The standard InChI is InChI=1S/C13H19NO3/c15-12(11-9-3-1-2-4-10(9)11)14-8-5-7(6-8)13(16)17/h7-11H,1-6H2,(H,14,15)(H,16,17)/t7?,8?,9-,10-/m1/s1. The molecule has 3 saturated carbocycles. The van der Waals surface area contributed by atoms with Gasteiger partial charge in [-0.1, -0.05) is 12.8 Å². The number of carbonyl (C=O) groups excluding carboxylic acids is 1. The van der Waals surface area contributed by atoms with Gasteiger partial charge in [-0.05, 0) is 37.5 Å². The van der Waals surface area contributed by atoms with E-state index in [4.69, 9.17) is 5.11 Å². The van der Waals surface area contributed by atoms with E-state index in [-0.39, 0.29) is 23.8 Å². The quantitative estimate of drug-likeness (QED) is 0.779. The molecule has 3 aliphatic rings. The SMILES string of the molecule is O=C(O)C1CC(NC(=O)C2[C@@H]3CCCC[C@@H]23)C1. The second kappa shape index (κ2) is 4.00. The highest BCUT2D eigenvalue weighted by atomic mass is 16.4. The lowest BCUT2D eigenvalue weighted by atomic mass is 9.80. The van der Waals surface area contributed by atoms with Crippen molar-refractivity contribution in [2.24, 2.45) is 23.7 Å². The highest BCUT2D eigenvalue weighted by Gasteiger charge is 2.55. The maximum absolute atomic E-state index is 12.0. The van der Waals surface area contributed by atoms with E-state index in [0.717, 1.165) is 0 Å². The third-order valence-electron chi connectivity index (χ3n) is 4.79. The van der Waals surface area contributed by atoms with E-state index < -0.39 is 5.97 Å². The van der Waals surface area contributed by atoms with Crippen LogP contribution in [-0.4, -0.2) is 23.0 Å². The predicted octanol–water partition coefficient (Wildman–Crippen LogP) is 1.40. The average molecular weight is 237 g/mol. The van der Waals surface area contributed by atoms with Gasteiger partial charge in [-0.3, -0.25) is 9.59 Å². The van der Waals surface area contributed by atoms with E-state index in [1.54, 1.807) is 0 Å². The summed E-state index contributed by atoms with van der Waals surface area (Å²) in [6.07, 6.45) is 6.20. The molecular weight excluding hydrogens is 218 g/mol. The number of carboxylic acids is 1. The van der Waals surface area contributed by atoms with Crippen molar-refractivity contribution >= 4 is 11.9 Å². The predicted molar refractivity (Wildman–Crippen MR) is 61.2 cm³/mol. The van der Waals surface area contributed by atoms with Crippen LogP contribution in [0.25, 0.3) is 0 Å². The fourth-order valence-corrected chi connectivity index (χ4v) is 3.62. The molecule has 2 N–H and O–H groups in total. The summed E-state index contributed by atoms with van der Waals surface area (Å²) in [6, 6.07) is 0.117. The van der Waals surface area contributed by atoms with E-state index in [9.17, 15) is 9.59 Å². The van der Waals surface area contributed by atoms with Crippen molar-refractivity contribution in [1.29, 1.82) is 0 Å². The normalized spacial score (nSPS) is 43.2. The third-order valence-corrected chi connectivity index (χ3v) is 4.79. The van der Waals surface area contributed by atoms with Crippen molar-refractivity contribution < 1.29 is 14.7 Å². The largest absolute Gasteiger partial charge is 0.481 e. The Hall–Kier alpha value is -1.06. The van der Waals surface area contributed by atoms with Crippen LogP contribution in [0.15, 0.2) is 0 Å². The number of nitrogens with one attached hydrogen (secondary N) is 1. The number of aliphatic carboxylic acids is 1. The zero-order chi connectivity index (χ0) is 12.0. The van der Waals surface area contributed by atoms with E-state index in [2.05, 4.69) is 5.32 Å². The molecule has 3 fully saturated rings. The number of hydrogen-bond donors (Lipinski definition) is 2. The Bertz CT molecular complexity index is 337. The molecule has 0 unspecified atom stereocenters. The van der Waals surface area contributed by atoms with Crippen LogP contribution < -0.4 is 5.32 Å². The van der Waals surface area contributed by atoms with Gasteiger partial charge in [0.2, 0.25) is 5.91 Å². The molecule has 3 aliphatic carbocycles. The first-order valence-electron chi connectivity index (χ1n) is 6.70. The highest BCUT2D eigenvalue weighted by molar-refractivity contribution is 5.83. The lowest BCUT2D eigenvalue weighted by molar-refractivity contribution is -0.146. The Morgan fingerprint density at radius 3 is 2.18 bits per heavy atom. The van der Waals surface area contributed by atoms with Gasteiger partial charge in [-0.15, -0.1) is 0 Å². The molecule has 17 heavy (non-hydrogen) atoms. The second-order valence-electron chi connectivity index (χ2n) is 5.85. The van der Waals surface area contributed by atoms with Crippen molar-refractivity contribution in [3.63, 3.8) is 0 Å². The van der Waals surface area contributed by atoms with Crippen molar-refractivity contribution in [3.8, 4) is 0 Å². The summed E-state index contributed by atoms with van der Waals surface area (Å²) >= 11 is 0. The van der Waals surface area contributed by atoms with Gasteiger partial charge < -0.3 is 10.4 Å². The minimum atomic E-state index is -0.726. The van der Waals surface area contributed by atoms with Crippen molar-refractivity contribution in [2.75, 3.05) is 0 Å². The minimum absolute atomic E-state index is 0.117. The Kier molecular flexibility index (Phi) is 2.60. The van der Waals surface area contributed by atoms with E-state index in [0.29, 0.717) is 24.7 Å². The molecule has 0 aromatic rings. The van der Waals surface area contributed by atoms with Crippen LogP contribution in [-0.2, 0) is 9.59 Å². The number of carbonyl (C=O) groups is 2. The topological polar surface area (TPSA) is 66.4 Å². The molecule has 4 nitrogen and oxygen atoms in total. The Labute approximate surface area is 101 Å². The molecule has 0 bridgehead atoms. The van der Waals surface area contributed by atoms with Crippen LogP contribution in [0.4, 0.5) is 0 Å². The van der Waals surface area contributed by atoms with Crippen molar-refractivity contribution in [2.45, 2.75) is 44.6 Å².